The first-order chi connectivity index (χ1) is 10.0. The van der Waals surface area contributed by atoms with Gasteiger partial charge in [-0.3, -0.25) is 0 Å². The van der Waals surface area contributed by atoms with Crippen molar-refractivity contribution >= 4 is 11.8 Å². The minimum Gasteiger partial charge on any atom is -0.396 e. The molecule has 0 fully saturated rings. The highest BCUT2D eigenvalue weighted by atomic mass is 32.2. The normalized spacial score (nSPS) is 22.6. The van der Waals surface area contributed by atoms with Crippen LogP contribution in [0, 0.1) is 6.92 Å². The lowest BCUT2D eigenvalue weighted by molar-refractivity contribution is 0.0198. The van der Waals surface area contributed by atoms with Crippen LogP contribution in [0.25, 0.3) is 0 Å². The van der Waals surface area contributed by atoms with Crippen molar-refractivity contribution in [3.63, 3.8) is 0 Å². The number of benzene rings is 1. The lowest BCUT2D eigenvalue weighted by Gasteiger charge is -2.40. The average molecular weight is 310 g/mol. The zero-order valence-corrected chi connectivity index (χ0v) is 13.2. The molecule has 5 heteroatoms. The Kier molecular flexibility index (Phi) is 5.46. The second-order valence-corrected chi connectivity index (χ2v) is 6.54. The van der Waals surface area contributed by atoms with Gasteiger partial charge in [0.25, 0.3) is 0 Å². The van der Waals surface area contributed by atoms with Gasteiger partial charge in [0.05, 0.1) is 13.2 Å². The molecule has 0 amide bonds. The van der Waals surface area contributed by atoms with E-state index in [2.05, 4.69) is 0 Å². The molecule has 2 unspecified atom stereocenters. The van der Waals surface area contributed by atoms with Gasteiger partial charge in [-0.25, -0.2) is 0 Å². The van der Waals surface area contributed by atoms with E-state index in [4.69, 9.17) is 9.84 Å². The lowest BCUT2D eigenvalue weighted by atomic mass is 9.91. The van der Waals surface area contributed by atoms with Crippen molar-refractivity contribution in [1.82, 2.24) is 0 Å². The smallest absolute Gasteiger partial charge is 0.140 e. The standard InChI is InChI=1S/C16H22O4S/c1-11-3-4-12(5-6-17)13(9-11)15(19)14-10-21-16(14,2)20-8-7-18/h3-4,9-10,15,17-19H,5-8H2,1-2H3. The first-order valence-corrected chi connectivity index (χ1v) is 7.91. The fourth-order valence-corrected chi connectivity index (χ4v) is 3.43. The lowest BCUT2D eigenvalue weighted by Crippen LogP contribution is -2.36. The monoisotopic (exact) mass is 310 g/mol. The Bertz CT molecular complexity index is 529. The van der Waals surface area contributed by atoms with Gasteiger partial charge in [-0.05, 0) is 36.8 Å². The van der Waals surface area contributed by atoms with E-state index in [1.165, 1.54) is 11.8 Å². The van der Waals surface area contributed by atoms with Crippen LogP contribution in [0.4, 0.5) is 0 Å². The van der Waals surface area contributed by atoms with E-state index < -0.39 is 11.0 Å². The van der Waals surface area contributed by atoms with E-state index >= 15 is 0 Å². The molecule has 0 bridgehead atoms. The summed E-state index contributed by atoms with van der Waals surface area (Å²) in [6.45, 7) is 4.12. The summed E-state index contributed by atoms with van der Waals surface area (Å²) in [4.78, 5) is -0.595. The fraction of sp³-hybridized carbons (Fsp3) is 0.500. The molecule has 2 atom stereocenters. The zero-order valence-electron chi connectivity index (χ0n) is 12.4. The second-order valence-electron chi connectivity index (χ2n) is 5.29. The molecule has 0 radical (unpaired) electrons. The van der Waals surface area contributed by atoms with E-state index in [1.54, 1.807) is 0 Å². The number of aliphatic hydroxyl groups is 3. The molecule has 2 rings (SSSR count). The van der Waals surface area contributed by atoms with Crippen LogP contribution in [0.1, 0.15) is 29.7 Å². The Balaban J connectivity index is 2.24. The van der Waals surface area contributed by atoms with Gasteiger partial charge < -0.3 is 20.1 Å². The Hall–Kier alpha value is -0.850. The highest BCUT2D eigenvalue weighted by Crippen LogP contribution is 2.50. The summed E-state index contributed by atoms with van der Waals surface area (Å²) >= 11 is 1.50. The van der Waals surface area contributed by atoms with Gasteiger partial charge in [0.15, 0.2) is 0 Å². The van der Waals surface area contributed by atoms with Gasteiger partial charge in [-0.1, -0.05) is 35.5 Å². The topological polar surface area (TPSA) is 69.9 Å². The fourth-order valence-electron chi connectivity index (χ4n) is 2.45. The quantitative estimate of drug-likeness (QED) is 0.718. The van der Waals surface area contributed by atoms with Gasteiger partial charge in [-0.15, -0.1) is 0 Å². The van der Waals surface area contributed by atoms with Crippen molar-refractivity contribution in [2.45, 2.75) is 31.3 Å². The Labute approximate surface area is 129 Å². The summed E-state index contributed by atoms with van der Waals surface area (Å²) in [5.74, 6) is 0. The first kappa shape index (κ1) is 16.5. The molecule has 1 aliphatic heterocycles. The van der Waals surface area contributed by atoms with Crippen LogP contribution in [-0.4, -0.2) is 40.1 Å². The van der Waals surface area contributed by atoms with Crippen LogP contribution >= 0.6 is 11.8 Å². The third kappa shape index (κ3) is 3.49. The summed E-state index contributed by atoms with van der Waals surface area (Å²) < 4.78 is 5.64. The maximum Gasteiger partial charge on any atom is 0.140 e. The van der Waals surface area contributed by atoms with Crippen molar-refractivity contribution in [1.29, 1.82) is 0 Å². The number of aryl methyl sites for hydroxylation is 1. The molecule has 0 aliphatic carbocycles. The molecular weight excluding hydrogens is 288 g/mol. The maximum atomic E-state index is 10.7. The van der Waals surface area contributed by atoms with Gasteiger partial charge in [-0.2, -0.15) is 0 Å². The summed E-state index contributed by atoms with van der Waals surface area (Å²) in [6.07, 6.45) is -0.238. The maximum absolute atomic E-state index is 10.7. The summed E-state index contributed by atoms with van der Waals surface area (Å²) in [6, 6.07) is 5.88. The molecule has 1 aliphatic rings. The molecule has 116 valence electrons. The zero-order chi connectivity index (χ0) is 15.5. The van der Waals surface area contributed by atoms with Crippen molar-refractivity contribution in [3.05, 3.63) is 45.9 Å². The predicted octanol–water partition coefficient (Wildman–Crippen LogP) is 1.92. The van der Waals surface area contributed by atoms with Crippen molar-refractivity contribution in [3.8, 4) is 0 Å². The van der Waals surface area contributed by atoms with Crippen LogP contribution in [0.2, 0.25) is 0 Å². The minimum absolute atomic E-state index is 0.0419. The molecule has 4 nitrogen and oxygen atoms in total. The van der Waals surface area contributed by atoms with E-state index in [9.17, 15) is 10.2 Å². The van der Waals surface area contributed by atoms with Crippen LogP contribution in [0.5, 0.6) is 0 Å². The average Bonchev–Trinajstić information content (AvgIpc) is 2.45. The van der Waals surface area contributed by atoms with E-state index in [0.29, 0.717) is 6.42 Å². The minimum atomic E-state index is -0.753. The molecule has 0 aromatic heterocycles. The van der Waals surface area contributed by atoms with Gasteiger partial charge >= 0.3 is 0 Å². The number of thioether (sulfide) groups is 1. The van der Waals surface area contributed by atoms with Gasteiger partial charge in [0.1, 0.15) is 11.0 Å². The molecule has 0 saturated heterocycles. The number of rotatable bonds is 7. The summed E-state index contributed by atoms with van der Waals surface area (Å²) in [5, 5.41) is 30.7. The number of ether oxygens (including phenoxy) is 1. The first-order valence-electron chi connectivity index (χ1n) is 7.03. The predicted molar refractivity (Wildman–Crippen MR) is 84.0 cm³/mol. The number of aliphatic hydroxyl groups excluding tert-OH is 3. The molecule has 1 aromatic carbocycles. The molecular formula is C16H22O4S. The molecule has 0 saturated carbocycles. The van der Waals surface area contributed by atoms with Crippen molar-refractivity contribution in [2.24, 2.45) is 0 Å². The van der Waals surface area contributed by atoms with E-state index in [0.717, 1.165) is 22.3 Å². The van der Waals surface area contributed by atoms with Gasteiger partial charge in [0, 0.05) is 12.2 Å². The third-order valence-electron chi connectivity index (χ3n) is 3.68. The summed E-state index contributed by atoms with van der Waals surface area (Å²) in [7, 11) is 0. The van der Waals surface area contributed by atoms with Crippen LogP contribution in [0.15, 0.2) is 29.2 Å². The number of hydrogen-bond acceptors (Lipinski definition) is 5. The number of hydrogen-bond donors (Lipinski definition) is 3. The molecule has 0 spiro atoms. The Morgan fingerprint density at radius 1 is 1.29 bits per heavy atom. The van der Waals surface area contributed by atoms with Gasteiger partial charge in [0.2, 0.25) is 0 Å². The van der Waals surface area contributed by atoms with Crippen LogP contribution in [-0.2, 0) is 11.2 Å². The largest absolute Gasteiger partial charge is 0.396 e. The van der Waals surface area contributed by atoms with Crippen LogP contribution < -0.4 is 0 Å². The highest BCUT2D eigenvalue weighted by molar-refractivity contribution is 8.04. The van der Waals surface area contributed by atoms with Crippen molar-refractivity contribution < 1.29 is 20.1 Å². The Morgan fingerprint density at radius 2 is 2.05 bits per heavy atom. The molecule has 1 heterocycles. The molecule has 3 N–H and O–H groups in total. The molecule has 1 aromatic rings. The van der Waals surface area contributed by atoms with E-state index in [1.807, 2.05) is 37.5 Å². The summed E-state index contributed by atoms with van der Waals surface area (Å²) in [5.41, 5.74) is 3.62. The van der Waals surface area contributed by atoms with Crippen molar-refractivity contribution in [2.75, 3.05) is 19.8 Å². The SMILES string of the molecule is Cc1ccc(CCO)c(C(O)C2=CSC2(C)OCCO)c1. The third-order valence-corrected chi connectivity index (χ3v) is 4.85. The second kappa shape index (κ2) is 6.94. The Morgan fingerprint density at radius 3 is 2.62 bits per heavy atom. The van der Waals surface area contributed by atoms with E-state index in [-0.39, 0.29) is 19.8 Å². The van der Waals surface area contributed by atoms with Crippen LogP contribution in [0.3, 0.4) is 0 Å². The highest BCUT2D eigenvalue weighted by Gasteiger charge is 2.41. The molecule has 21 heavy (non-hydrogen) atoms.